The van der Waals surface area contributed by atoms with Crippen LogP contribution in [-0.4, -0.2) is 20.9 Å². The summed E-state index contributed by atoms with van der Waals surface area (Å²) in [5.41, 5.74) is 9.10. The molecule has 2 heterocycles. The first kappa shape index (κ1) is 37.3. The van der Waals surface area contributed by atoms with E-state index < -0.39 is 0 Å². The van der Waals surface area contributed by atoms with Crippen molar-refractivity contribution in [2.75, 3.05) is 0 Å². The van der Waals surface area contributed by atoms with Crippen molar-refractivity contribution in [1.29, 1.82) is 0 Å². The number of aromatic nitrogens is 2. The van der Waals surface area contributed by atoms with Gasteiger partial charge in [0, 0.05) is 55.1 Å². The zero-order valence-electron chi connectivity index (χ0n) is 29.2. The molecule has 1 radical (unpaired) electrons. The van der Waals surface area contributed by atoms with Crippen LogP contribution in [0.1, 0.15) is 109 Å². The Kier molecular flexibility index (Phi) is 12.7. The van der Waals surface area contributed by atoms with E-state index in [4.69, 9.17) is 9.97 Å². The minimum Gasteiger partial charge on any atom is -0.512 e. The Bertz CT molecular complexity index is 1700. The Morgan fingerprint density at radius 2 is 1.59 bits per heavy atom. The van der Waals surface area contributed by atoms with Crippen molar-refractivity contribution in [3.63, 3.8) is 0 Å². The Balaban J connectivity index is 0.000000280. The fraction of sp³-hybridized carbons (Fsp3) is 0.439. The van der Waals surface area contributed by atoms with Crippen LogP contribution in [0.2, 0.25) is 0 Å². The normalized spacial score (nSPS) is 13.0. The summed E-state index contributed by atoms with van der Waals surface area (Å²) in [5.74, 6) is 0.733. The summed E-state index contributed by atoms with van der Waals surface area (Å²) >= 11 is 0. The SMILES string of the molecule is CCC(C)(CC)C(=O)/C=C(\O)C(C)(CC)CC.Cc1cnc2c(c1)CCc1c-2ccnc1-c1[c-]c2ccccc2c(C(C)C)c1.[Ir]. The molecule has 2 aromatic carbocycles. The van der Waals surface area contributed by atoms with Gasteiger partial charge in [0.15, 0.2) is 5.78 Å². The molecule has 0 bridgehead atoms. The number of pyridine rings is 2. The van der Waals surface area contributed by atoms with Crippen LogP contribution in [0.4, 0.5) is 0 Å². The van der Waals surface area contributed by atoms with Crippen LogP contribution < -0.4 is 0 Å². The van der Waals surface area contributed by atoms with Gasteiger partial charge in [0.1, 0.15) is 5.76 Å². The van der Waals surface area contributed by atoms with E-state index in [1.807, 2.05) is 53.9 Å². The van der Waals surface area contributed by atoms with Gasteiger partial charge in [-0.3, -0.25) is 14.8 Å². The third-order valence-corrected chi connectivity index (χ3v) is 10.3. The molecule has 0 amide bonds. The van der Waals surface area contributed by atoms with Gasteiger partial charge in [0.25, 0.3) is 0 Å². The monoisotopic (exact) mass is 796 g/mol. The second-order valence-electron chi connectivity index (χ2n) is 13.5. The minimum absolute atomic E-state index is 0. The summed E-state index contributed by atoms with van der Waals surface area (Å²) in [5, 5.41) is 12.6. The molecule has 4 nitrogen and oxygen atoms in total. The average molecular weight is 796 g/mol. The van der Waals surface area contributed by atoms with Gasteiger partial charge in [-0.25, -0.2) is 0 Å². The predicted octanol–water partition coefficient (Wildman–Crippen LogP) is 10.9. The number of benzene rings is 2. The molecule has 4 aromatic rings. The number of nitrogens with zero attached hydrogens (tertiary/aromatic N) is 2. The van der Waals surface area contributed by atoms with Crippen LogP contribution >= 0.6 is 0 Å². The van der Waals surface area contributed by atoms with E-state index in [1.165, 1.54) is 39.3 Å². The second kappa shape index (κ2) is 15.6. The number of aliphatic hydroxyl groups is 1. The van der Waals surface area contributed by atoms with Crippen LogP contribution in [0.15, 0.2) is 66.7 Å². The number of hydrogen-bond donors (Lipinski definition) is 1. The summed E-state index contributed by atoms with van der Waals surface area (Å²) in [7, 11) is 0. The maximum absolute atomic E-state index is 12.2. The number of ketones is 1. The Morgan fingerprint density at radius 1 is 0.935 bits per heavy atom. The number of hydrogen-bond acceptors (Lipinski definition) is 4. The van der Waals surface area contributed by atoms with Crippen molar-refractivity contribution in [1.82, 2.24) is 9.97 Å². The number of aliphatic hydroxyl groups excluding tert-OH is 1. The van der Waals surface area contributed by atoms with E-state index in [-0.39, 0.29) is 42.5 Å². The Labute approximate surface area is 290 Å². The molecule has 46 heavy (non-hydrogen) atoms. The van der Waals surface area contributed by atoms with Crippen molar-refractivity contribution < 1.29 is 30.0 Å². The van der Waals surface area contributed by atoms with Gasteiger partial charge in [-0.2, -0.15) is 0 Å². The van der Waals surface area contributed by atoms with Crippen LogP contribution in [0.5, 0.6) is 0 Å². The van der Waals surface area contributed by atoms with E-state index >= 15 is 0 Å². The standard InChI is InChI=1S/C26H23N2.C15H28O2.Ir/c1-16(2)24-14-20(13-18-6-4-5-7-21(18)24)26-22-9-8-19-12-17(3)15-28-25(19)23(22)10-11-27-26;1-7-14(5,8-2)12(16)11-13(17)15(6,9-3)10-4;/h4-7,10-12,14-16H,8-9H2,1-3H3;11,16H,7-10H2,1-6H3;/q-1;;/b;12-11-;. The van der Waals surface area contributed by atoms with Crippen molar-refractivity contribution in [2.24, 2.45) is 10.8 Å². The Morgan fingerprint density at radius 3 is 2.22 bits per heavy atom. The second-order valence-corrected chi connectivity index (χ2v) is 13.5. The molecule has 0 unspecified atom stereocenters. The molecule has 247 valence electrons. The maximum atomic E-state index is 12.2. The molecular formula is C41H51IrN2O2-. The maximum Gasteiger partial charge on any atom is 0.164 e. The molecule has 1 N–H and O–H groups in total. The third-order valence-electron chi connectivity index (χ3n) is 10.3. The topological polar surface area (TPSA) is 63.1 Å². The van der Waals surface area contributed by atoms with E-state index in [0.29, 0.717) is 5.92 Å². The van der Waals surface area contributed by atoms with Crippen molar-refractivity contribution in [3.8, 4) is 22.5 Å². The number of carbonyl (C=O) groups excluding carboxylic acids is 1. The molecule has 0 aliphatic heterocycles. The van der Waals surface area contributed by atoms with Crippen LogP contribution in [0.3, 0.4) is 0 Å². The molecule has 0 saturated heterocycles. The molecule has 0 atom stereocenters. The minimum atomic E-state index is -0.337. The zero-order valence-corrected chi connectivity index (χ0v) is 31.6. The summed E-state index contributed by atoms with van der Waals surface area (Å²) < 4.78 is 0. The van der Waals surface area contributed by atoms with Crippen molar-refractivity contribution >= 4 is 16.6 Å². The van der Waals surface area contributed by atoms with Gasteiger partial charge in [-0.15, -0.1) is 29.1 Å². The fourth-order valence-electron chi connectivity index (χ4n) is 6.07. The number of aryl methyl sites for hydroxylation is 2. The largest absolute Gasteiger partial charge is 0.512 e. The first-order chi connectivity index (χ1) is 21.4. The van der Waals surface area contributed by atoms with Gasteiger partial charge < -0.3 is 5.11 Å². The number of carbonyl (C=O) groups is 1. The first-order valence-electron chi connectivity index (χ1n) is 16.8. The molecule has 0 spiro atoms. The summed E-state index contributed by atoms with van der Waals surface area (Å²) in [6.45, 7) is 18.7. The van der Waals surface area contributed by atoms with Crippen LogP contribution in [0, 0.1) is 23.8 Å². The molecule has 5 heteroatoms. The summed E-state index contributed by atoms with van der Waals surface area (Å²) in [4.78, 5) is 21.7. The van der Waals surface area contributed by atoms with Gasteiger partial charge in [-0.1, -0.05) is 90.6 Å². The van der Waals surface area contributed by atoms with Gasteiger partial charge >= 0.3 is 0 Å². The van der Waals surface area contributed by atoms with Gasteiger partial charge in [0.05, 0.1) is 5.69 Å². The molecular weight excluding hydrogens is 745 g/mol. The Hall–Kier alpha value is -3.14. The third kappa shape index (κ3) is 7.69. The van der Waals surface area contributed by atoms with Crippen LogP contribution in [-0.2, 0) is 37.7 Å². The molecule has 0 saturated carbocycles. The molecule has 2 aromatic heterocycles. The first-order valence-corrected chi connectivity index (χ1v) is 16.8. The van der Waals surface area contributed by atoms with E-state index in [9.17, 15) is 9.90 Å². The van der Waals surface area contributed by atoms with Gasteiger partial charge in [-0.05, 0) is 79.7 Å². The molecule has 0 fully saturated rings. The average Bonchev–Trinajstić information content (AvgIpc) is 3.06. The number of rotatable bonds is 9. The van der Waals surface area contributed by atoms with Gasteiger partial charge in [0.2, 0.25) is 0 Å². The van der Waals surface area contributed by atoms with E-state index in [2.05, 4.69) is 69.3 Å². The van der Waals surface area contributed by atoms with Crippen LogP contribution in [0.25, 0.3) is 33.3 Å². The molecule has 5 rings (SSSR count). The fourth-order valence-corrected chi connectivity index (χ4v) is 6.07. The number of allylic oxidation sites excluding steroid dienone is 2. The summed E-state index contributed by atoms with van der Waals surface area (Å²) in [6.07, 6.45) is 10.6. The van der Waals surface area contributed by atoms with Crippen molar-refractivity contribution in [2.45, 2.75) is 107 Å². The number of fused-ring (bicyclic) bond motifs is 4. The molecule has 1 aliphatic carbocycles. The predicted molar refractivity (Wildman–Crippen MR) is 189 cm³/mol. The van der Waals surface area contributed by atoms with E-state index in [1.54, 1.807) is 0 Å². The quantitative estimate of drug-likeness (QED) is 0.104. The zero-order chi connectivity index (χ0) is 32.9. The molecule has 1 aliphatic rings. The van der Waals surface area contributed by atoms with E-state index in [0.717, 1.165) is 60.9 Å². The van der Waals surface area contributed by atoms with Crippen molar-refractivity contribution in [3.05, 3.63) is 95.0 Å². The smallest absolute Gasteiger partial charge is 0.164 e. The summed E-state index contributed by atoms with van der Waals surface area (Å²) in [6, 6.07) is 18.8.